The summed E-state index contributed by atoms with van der Waals surface area (Å²) in [5.74, 6) is -0.302. The Bertz CT molecular complexity index is 275. The van der Waals surface area contributed by atoms with Crippen molar-refractivity contribution >= 4 is 18.3 Å². The average Bonchev–Trinajstić information content (AvgIpc) is 2.31. The van der Waals surface area contributed by atoms with Crippen molar-refractivity contribution in [3.8, 4) is 0 Å². The molecule has 2 heterocycles. The zero-order valence-corrected chi connectivity index (χ0v) is 6.44. The Morgan fingerprint density at radius 3 is 3.08 bits per heavy atom. The zero-order chi connectivity index (χ0) is 8.72. The van der Waals surface area contributed by atoms with Crippen molar-refractivity contribution in [2.24, 2.45) is 4.99 Å². The van der Waals surface area contributed by atoms with Crippen LogP contribution in [-0.2, 0) is 4.79 Å². The highest BCUT2D eigenvalue weighted by Crippen LogP contribution is 2.12. The van der Waals surface area contributed by atoms with Gasteiger partial charge in [0.1, 0.15) is 0 Å². The SMILES string of the molecule is CN1C=NC2NC(=O)NC(=O)C21. The highest BCUT2D eigenvalue weighted by Gasteiger charge is 2.40. The van der Waals surface area contributed by atoms with Gasteiger partial charge >= 0.3 is 6.03 Å². The number of rotatable bonds is 0. The molecule has 0 spiro atoms. The van der Waals surface area contributed by atoms with E-state index in [1.165, 1.54) is 0 Å². The number of hydrogen-bond donors (Lipinski definition) is 2. The number of imide groups is 1. The maximum Gasteiger partial charge on any atom is 0.323 e. The van der Waals surface area contributed by atoms with E-state index in [0.29, 0.717) is 0 Å². The molecule has 1 fully saturated rings. The first-order valence-corrected chi connectivity index (χ1v) is 3.55. The summed E-state index contributed by atoms with van der Waals surface area (Å²) in [5.41, 5.74) is 0. The second-order valence-corrected chi connectivity index (χ2v) is 2.78. The van der Waals surface area contributed by atoms with Crippen LogP contribution in [0, 0.1) is 0 Å². The highest BCUT2D eigenvalue weighted by molar-refractivity contribution is 6.01. The molecule has 0 bridgehead atoms. The summed E-state index contributed by atoms with van der Waals surface area (Å²) < 4.78 is 0. The average molecular weight is 168 g/mol. The van der Waals surface area contributed by atoms with Gasteiger partial charge in [0.2, 0.25) is 0 Å². The number of likely N-dealkylation sites (N-methyl/N-ethyl adjacent to an activating group) is 1. The minimum Gasteiger partial charge on any atom is -0.351 e. The highest BCUT2D eigenvalue weighted by atomic mass is 16.2. The molecule has 6 nitrogen and oxygen atoms in total. The van der Waals surface area contributed by atoms with Gasteiger partial charge in [0, 0.05) is 7.05 Å². The Kier molecular flexibility index (Phi) is 1.30. The minimum atomic E-state index is -0.478. The number of urea groups is 1. The maximum atomic E-state index is 11.2. The van der Waals surface area contributed by atoms with E-state index in [1.54, 1.807) is 18.3 Å². The van der Waals surface area contributed by atoms with Crippen molar-refractivity contribution in [1.29, 1.82) is 0 Å². The molecular weight excluding hydrogens is 160 g/mol. The summed E-state index contributed by atoms with van der Waals surface area (Å²) in [6.07, 6.45) is 1.12. The van der Waals surface area contributed by atoms with Gasteiger partial charge < -0.3 is 10.2 Å². The van der Waals surface area contributed by atoms with Crippen LogP contribution in [0.1, 0.15) is 0 Å². The third-order valence-corrected chi connectivity index (χ3v) is 1.93. The topological polar surface area (TPSA) is 73.8 Å². The van der Waals surface area contributed by atoms with E-state index in [0.717, 1.165) is 0 Å². The number of fused-ring (bicyclic) bond motifs is 1. The largest absolute Gasteiger partial charge is 0.351 e. The third kappa shape index (κ3) is 0.843. The van der Waals surface area contributed by atoms with Crippen molar-refractivity contribution in [3.05, 3.63) is 0 Å². The van der Waals surface area contributed by atoms with Gasteiger partial charge in [-0.2, -0.15) is 0 Å². The van der Waals surface area contributed by atoms with Gasteiger partial charge in [0.25, 0.3) is 5.91 Å². The Hall–Kier alpha value is -1.59. The summed E-state index contributed by atoms with van der Waals surface area (Å²) in [6, 6.07) is -0.864. The van der Waals surface area contributed by atoms with Crippen LogP contribution in [0.3, 0.4) is 0 Å². The molecule has 2 unspecified atom stereocenters. The summed E-state index contributed by atoms with van der Waals surface area (Å²) in [7, 11) is 1.74. The summed E-state index contributed by atoms with van der Waals surface area (Å²) >= 11 is 0. The molecule has 2 rings (SSSR count). The third-order valence-electron chi connectivity index (χ3n) is 1.93. The fourth-order valence-electron chi connectivity index (χ4n) is 1.35. The molecule has 2 atom stereocenters. The van der Waals surface area contributed by atoms with Crippen molar-refractivity contribution in [2.75, 3.05) is 7.05 Å². The molecule has 1 saturated heterocycles. The van der Waals surface area contributed by atoms with E-state index < -0.39 is 12.2 Å². The second-order valence-electron chi connectivity index (χ2n) is 2.78. The predicted octanol–water partition coefficient (Wildman–Crippen LogP) is -1.51. The number of nitrogens with one attached hydrogen (secondary N) is 2. The van der Waals surface area contributed by atoms with Gasteiger partial charge in [-0.3, -0.25) is 10.1 Å². The van der Waals surface area contributed by atoms with E-state index in [1.807, 2.05) is 0 Å². The lowest BCUT2D eigenvalue weighted by Gasteiger charge is -2.27. The lowest BCUT2D eigenvalue weighted by molar-refractivity contribution is -0.124. The second kappa shape index (κ2) is 2.20. The van der Waals surface area contributed by atoms with E-state index in [-0.39, 0.29) is 11.9 Å². The molecule has 0 aromatic carbocycles. The van der Waals surface area contributed by atoms with Crippen LogP contribution in [0.4, 0.5) is 4.79 Å². The van der Waals surface area contributed by atoms with Crippen LogP contribution >= 0.6 is 0 Å². The molecule has 2 aliphatic rings. The van der Waals surface area contributed by atoms with Gasteiger partial charge in [-0.25, -0.2) is 9.79 Å². The lowest BCUT2D eigenvalue weighted by Crippen LogP contribution is -2.62. The Labute approximate surface area is 68.6 Å². The molecule has 2 N–H and O–H groups in total. The monoisotopic (exact) mass is 168 g/mol. The number of hydrogen-bond acceptors (Lipinski definition) is 4. The molecule has 0 aliphatic carbocycles. The van der Waals surface area contributed by atoms with E-state index in [4.69, 9.17) is 0 Å². The molecule has 12 heavy (non-hydrogen) atoms. The van der Waals surface area contributed by atoms with Crippen LogP contribution in [0.2, 0.25) is 0 Å². The van der Waals surface area contributed by atoms with Gasteiger partial charge in [-0.1, -0.05) is 0 Å². The minimum absolute atomic E-state index is 0.302. The fraction of sp³-hybridized carbons (Fsp3) is 0.500. The molecule has 6 heteroatoms. The van der Waals surface area contributed by atoms with Crippen LogP contribution in [0.15, 0.2) is 4.99 Å². The van der Waals surface area contributed by atoms with Crippen LogP contribution in [0.25, 0.3) is 0 Å². The number of carbonyl (C=O) groups excluding carboxylic acids is 2. The maximum absolute atomic E-state index is 11.2. The summed E-state index contributed by atoms with van der Waals surface area (Å²) in [5, 5.41) is 4.70. The Morgan fingerprint density at radius 2 is 2.33 bits per heavy atom. The molecule has 3 amide bonds. The van der Waals surface area contributed by atoms with E-state index in [9.17, 15) is 9.59 Å². The molecular formula is C6H8N4O2. The number of aliphatic imine (C=N–C) groups is 1. The van der Waals surface area contributed by atoms with Crippen LogP contribution in [-0.4, -0.2) is 42.4 Å². The van der Waals surface area contributed by atoms with Gasteiger partial charge in [0.05, 0.1) is 6.34 Å². The van der Waals surface area contributed by atoms with Crippen molar-refractivity contribution in [2.45, 2.75) is 12.2 Å². The van der Waals surface area contributed by atoms with E-state index in [2.05, 4.69) is 15.6 Å². The van der Waals surface area contributed by atoms with Crippen molar-refractivity contribution in [3.63, 3.8) is 0 Å². The van der Waals surface area contributed by atoms with Gasteiger partial charge in [-0.05, 0) is 0 Å². The molecule has 0 saturated carbocycles. The number of amides is 3. The summed E-state index contributed by atoms with van der Waals surface area (Å²) in [6.45, 7) is 0. The quantitative estimate of drug-likeness (QED) is 0.462. The van der Waals surface area contributed by atoms with Gasteiger partial charge in [-0.15, -0.1) is 0 Å². The molecule has 2 aliphatic heterocycles. The molecule has 64 valence electrons. The smallest absolute Gasteiger partial charge is 0.323 e. The molecule has 0 radical (unpaired) electrons. The molecule has 0 aromatic rings. The first-order valence-electron chi connectivity index (χ1n) is 3.55. The zero-order valence-electron chi connectivity index (χ0n) is 6.44. The Balaban J connectivity index is 2.24. The normalized spacial score (nSPS) is 32.9. The predicted molar refractivity (Wildman–Crippen MR) is 40.5 cm³/mol. The van der Waals surface area contributed by atoms with E-state index >= 15 is 0 Å². The number of nitrogens with zero attached hydrogens (tertiary/aromatic N) is 2. The van der Waals surface area contributed by atoms with Crippen LogP contribution in [0.5, 0.6) is 0 Å². The van der Waals surface area contributed by atoms with Crippen LogP contribution < -0.4 is 10.6 Å². The molecule has 0 aromatic heterocycles. The number of carbonyl (C=O) groups is 2. The van der Waals surface area contributed by atoms with Crippen molar-refractivity contribution in [1.82, 2.24) is 15.5 Å². The Morgan fingerprint density at radius 1 is 1.58 bits per heavy atom. The van der Waals surface area contributed by atoms with Crippen molar-refractivity contribution < 1.29 is 9.59 Å². The van der Waals surface area contributed by atoms with Gasteiger partial charge in [0.15, 0.2) is 12.2 Å². The first kappa shape index (κ1) is 7.08. The first-order chi connectivity index (χ1) is 5.68. The summed E-state index contributed by atoms with van der Waals surface area (Å²) in [4.78, 5) is 27.6. The fourth-order valence-corrected chi connectivity index (χ4v) is 1.35. The standard InChI is InChI=1S/C6H8N4O2/c1-10-2-7-4-3(10)5(11)9-6(12)8-4/h2-4H,1H3,(H2,8,9,11,12). The lowest BCUT2D eigenvalue weighted by atomic mass is 10.2.